The van der Waals surface area contributed by atoms with Crippen LogP contribution >= 0.6 is 0 Å². The summed E-state index contributed by atoms with van der Waals surface area (Å²) in [5.74, 6) is -0.794. The van der Waals surface area contributed by atoms with Gasteiger partial charge in [0, 0.05) is 13.1 Å². The van der Waals surface area contributed by atoms with Crippen molar-refractivity contribution in [3.05, 3.63) is 0 Å². The maximum Gasteiger partial charge on any atom is 0.407 e. The first kappa shape index (κ1) is 11.8. The van der Waals surface area contributed by atoms with E-state index in [4.69, 9.17) is 5.11 Å². The van der Waals surface area contributed by atoms with Gasteiger partial charge in [-0.1, -0.05) is 6.92 Å². The maximum absolute atomic E-state index is 11.2. The molecule has 15 heavy (non-hydrogen) atoms. The van der Waals surface area contributed by atoms with E-state index in [0.29, 0.717) is 38.8 Å². The molecule has 0 radical (unpaired) electrons. The number of rotatable bonds is 2. The molecule has 1 amide bonds. The van der Waals surface area contributed by atoms with E-state index in [0.717, 1.165) is 0 Å². The topological polar surface area (TPSA) is 77.8 Å². The van der Waals surface area contributed by atoms with Crippen molar-refractivity contribution in [1.82, 2.24) is 4.90 Å². The van der Waals surface area contributed by atoms with Gasteiger partial charge in [0.25, 0.3) is 0 Å². The summed E-state index contributed by atoms with van der Waals surface area (Å²) < 4.78 is 0. The van der Waals surface area contributed by atoms with Gasteiger partial charge in [-0.05, 0) is 25.7 Å². The lowest BCUT2D eigenvalue weighted by molar-refractivity contribution is -0.150. The summed E-state index contributed by atoms with van der Waals surface area (Å²) >= 11 is 0. The Kier molecular flexibility index (Phi) is 3.55. The van der Waals surface area contributed by atoms with Gasteiger partial charge in [-0.15, -0.1) is 0 Å². The standard InChI is InChI=1S/C10H17NO4/c1-2-10(8(12)13)4-3-6-11(7-5-10)9(14)15/h2-7H2,1H3,(H,12,13)(H,14,15). The highest BCUT2D eigenvalue weighted by Crippen LogP contribution is 2.35. The molecule has 0 aromatic carbocycles. The van der Waals surface area contributed by atoms with Gasteiger partial charge in [-0.3, -0.25) is 4.79 Å². The van der Waals surface area contributed by atoms with Crippen molar-refractivity contribution in [3.63, 3.8) is 0 Å². The summed E-state index contributed by atoms with van der Waals surface area (Å²) in [5, 5.41) is 18.0. The molecule has 1 aliphatic heterocycles. The predicted molar refractivity (Wildman–Crippen MR) is 53.8 cm³/mol. The Morgan fingerprint density at radius 3 is 2.40 bits per heavy atom. The average molecular weight is 215 g/mol. The van der Waals surface area contributed by atoms with Crippen LogP contribution in [-0.2, 0) is 4.79 Å². The number of amides is 1. The largest absolute Gasteiger partial charge is 0.481 e. The Morgan fingerprint density at radius 2 is 1.93 bits per heavy atom. The number of likely N-dealkylation sites (tertiary alicyclic amines) is 1. The van der Waals surface area contributed by atoms with Gasteiger partial charge in [0.1, 0.15) is 0 Å². The monoisotopic (exact) mass is 215 g/mol. The molecule has 0 saturated carbocycles. The number of carboxylic acids is 1. The van der Waals surface area contributed by atoms with E-state index in [2.05, 4.69) is 0 Å². The van der Waals surface area contributed by atoms with Gasteiger partial charge in [0.05, 0.1) is 5.41 Å². The highest BCUT2D eigenvalue weighted by molar-refractivity contribution is 5.75. The number of hydrogen-bond acceptors (Lipinski definition) is 2. The average Bonchev–Trinajstić information content (AvgIpc) is 2.40. The van der Waals surface area contributed by atoms with Crippen LogP contribution < -0.4 is 0 Å². The molecule has 1 rings (SSSR count). The summed E-state index contributed by atoms with van der Waals surface area (Å²) in [5.41, 5.74) is -0.718. The molecule has 2 N–H and O–H groups in total. The third kappa shape index (κ3) is 2.40. The molecule has 1 fully saturated rings. The molecule has 0 aromatic rings. The minimum absolute atomic E-state index is 0.329. The number of carbonyl (C=O) groups is 2. The van der Waals surface area contributed by atoms with Gasteiger partial charge < -0.3 is 15.1 Å². The van der Waals surface area contributed by atoms with E-state index in [-0.39, 0.29) is 0 Å². The van der Waals surface area contributed by atoms with Gasteiger partial charge in [0.2, 0.25) is 0 Å². The Hall–Kier alpha value is -1.26. The Balaban J connectivity index is 2.73. The van der Waals surface area contributed by atoms with Crippen LogP contribution in [0.2, 0.25) is 0 Å². The summed E-state index contributed by atoms with van der Waals surface area (Å²) in [6, 6.07) is 0. The van der Waals surface area contributed by atoms with Crippen LogP contribution in [0.25, 0.3) is 0 Å². The molecule has 5 heteroatoms. The molecule has 0 bridgehead atoms. The molecule has 0 aliphatic carbocycles. The summed E-state index contributed by atoms with van der Waals surface area (Å²) in [4.78, 5) is 23.2. The first-order chi connectivity index (χ1) is 7.02. The van der Waals surface area contributed by atoms with Crippen LogP contribution in [0.1, 0.15) is 32.6 Å². The lowest BCUT2D eigenvalue weighted by Gasteiger charge is -2.26. The Morgan fingerprint density at radius 1 is 1.27 bits per heavy atom. The van der Waals surface area contributed by atoms with E-state index in [1.165, 1.54) is 4.90 Å². The molecule has 1 atom stereocenters. The Bertz CT molecular complexity index is 266. The van der Waals surface area contributed by atoms with Gasteiger partial charge >= 0.3 is 12.1 Å². The lowest BCUT2D eigenvalue weighted by atomic mass is 9.78. The normalized spacial score (nSPS) is 27.1. The van der Waals surface area contributed by atoms with Crippen molar-refractivity contribution in [1.29, 1.82) is 0 Å². The quantitative estimate of drug-likeness (QED) is 0.733. The second-order valence-corrected chi connectivity index (χ2v) is 4.06. The molecule has 1 aliphatic rings. The molecule has 5 nitrogen and oxygen atoms in total. The minimum Gasteiger partial charge on any atom is -0.481 e. The third-order valence-electron chi connectivity index (χ3n) is 3.34. The number of carboxylic acid groups (broad SMARTS) is 2. The smallest absolute Gasteiger partial charge is 0.407 e. The maximum atomic E-state index is 11.2. The van der Waals surface area contributed by atoms with E-state index in [1.54, 1.807) is 0 Å². The van der Waals surface area contributed by atoms with Crippen LogP contribution in [0, 0.1) is 5.41 Å². The molecular weight excluding hydrogens is 198 g/mol. The summed E-state index contributed by atoms with van der Waals surface area (Å²) in [7, 11) is 0. The van der Waals surface area contributed by atoms with Crippen LogP contribution in [-0.4, -0.2) is 40.3 Å². The van der Waals surface area contributed by atoms with Crippen LogP contribution in [0.4, 0.5) is 4.79 Å². The van der Waals surface area contributed by atoms with Crippen LogP contribution in [0.5, 0.6) is 0 Å². The van der Waals surface area contributed by atoms with E-state index >= 15 is 0 Å². The van der Waals surface area contributed by atoms with E-state index < -0.39 is 17.5 Å². The number of aliphatic carboxylic acids is 1. The first-order valence-electron chi connectivity index (χ1n) is 5.23. The number of nitrogens with zero attached hydrogens (tertiary/aromatic N) is 1. The van der Waals surface area contributed by atoms with E-state index in [1.807, 2.05) is 6.92 Å². The molecule has 0 aromatic heterocycles. The summed E-state index contributed by atoms with van der Waals surface area (Å²) in [6.07, 6.45) is 1.24. The zero-order chi connectivity index (χ0) is 11.5. The van der Waals surface area contributed by atoms with E-state index in [9.17, 15) is 14.7 Å². The Labute approximate surface area is 88.7 Å². The van der Waals surface area contributed by atoms with Gasteiger partial charge in [0.15, 0.2) is 0 Å². The number of hydrogen-bond donors (Lipinski definition) is 2. The predicted octanol–water partition coefficient (Wildman–Crippen LogP) is 1.63. The van der Waals surface area contributed by atoms with Crippen molar-refractivity contribution < 1.29 is 19.8 Å². The second kappa shape index (κ2) is 4.51. The lowest BCUT2D eigenvalue weighted by Crippen LogP contribution is -2.34. The molecule has 86 valence electrons. The fourth-order valence-electron chi connectivity index (χ4n) is 2.10. The fourth-order valence-corrected chi connectivity index (χ4v) is 2.10. The van der Waals surface area contributed by atoms with Crippen molar-refractivity contribution >= 4 is 12.1 Å². The van der Waals surface area contributed by atoms with Crippen LogP contribution in [0.3, 0.4) is 0 Å². The summed E-state index contributed by atoms with van der Waals surface area (Å²) in [6.45, 7) is 2.63. The highest BCUT2D eigenvalue weighted by Gasteiger charge is 2.38. The van der Waals surface area contributed by atoms with Crippen LogP contribution in [0.15, 0.2) is 0 Å². The molecule has 1 heterocycles. The third-order valence-corrected chi connectivity index (χ3v) is 3.34. The molecular formula is C10H17NO4. The second-order valence-electron chi connectivity index (χ2n) is 4.06. The fraction of sp³-hybridized carbons (Fsp3) is 0.800. The zero-order valence-electron chi connectivity index (χ0n) is 8.90. The van der Waals surface area contributed by atoms with Crippen molar-refractivity contribution in [2.45, 2.75) is 32.6 Å². The molecule has 1 unspecified atom stereocenters. The highest BCUT2D eigenvalue weighted by atomic mass is 16.4. The van der Waals surface area contributed by atoms with Crippen molar-refractivity contribution in [3.8, 4) is 0 Å². The van der Waals surface area contributed by atoms with Gasteiger partial charge in [-0.25, -0.2) is 4.79 Å². The van der Waals surface area contributed by atoms with Gasteiger partial charge in [-0.2, -0.15) is 0 Å². The SMILES string of the molecule is CCC1(C(=O)O)CCCN(C(=O)O)CC1. The van der Waals surface area contributed by atoms with Crippen molar-refractivity contribution in [2.24, 2.45) is 5.41 Å². The minimum atomic E-state index is -0.952. The zero-order valence-corrected chi connectivity index (χ0v) is 8.90. The molecule has 0 spiro atoms. The first-order valence-corrected chi connectivity index (χ1v) is 5.23. The molecule has 1 saturated heterocycles. The van der Waals surface area contributed by atoms with Crippen molar-refractivity contribution in [2.75, 3.05) is 13.1 Å².